The lowest BCUT2D eigenvalue weighted by Gasteiger charge is -2.17. The average Bonchev–Trinajstić information content (AvgIpc) is 3.21. The third-order valence-electron chi connectivity index (χ3n) is 4.66. The second-order valence-electron chi connectivity index (χ2n) is 6.33. The molecule has 0 unspecified atom stereocenters. The number of hydrogen-bond donors (Lipinski definition) is 2. The molecule has 3 aliphatic rings. The highest BCUT2D eigenvalue weighted by Gasteiger charge is 2.48. The zero-order chi connectivity index (χ0) is 16.0. The molecule has 0 bridgehead atoms. The normalized spacial score (nSPS) is 31.7. The molecule has 0 spiro atoms. The van der Waals surface area contributed by atoms with Gasteiger partial charge >= 0.3 is 0 Å². The molecular weight excluding hydrogens is 300 g/mol. The highest BCUT2D eigenvalue weighted by atomic mass is 16.6. The molecule has 8 nitrogen and oxygen atoms in total. The van der Waals surface area contributed by atoms with Crippen LogP contribution in [0.25, 0.3) is 0 Å². The van der Waals surface area contributed by atoms with Gasteiger partial charge in [0.25, 0.3) is 5.91 Å². The lowest BCUT2D eigenvalue weighted by molar-refractivity contribution is -0.120. The number of aryl methyl sites for hydroxylation is 2. The first kappa shape index (κ1) is 14.6. The van der Waals surface area contributed by atoms with E-state index in [1.807, 2.05) is 10.7 Å². The number of carbonyl (C=O) groups excluding carboxylic acids is 2. The number of aromatic nitrogens is 2. The highest BCUT2D eigenvalue weighted by molar-refractivity contribution is 5.92. The van der Waals surface area contributed by atoms with Crippen LogP contribution in [-0.4, -0.2) is 59.1 Å². The topological polar surface area (TPSA) is 94.5 Å². The van der Waals surface area contributed by atoms with Crippen LogP contribution in [0.15, 0.2) is 6.07 Å². The molecule has 124 valence electrons. The number of fused-ring (bicyclic) bond motifs is 2. The molecule has 0 aromatic carbocycles. The van der Waals surface area contributed by atoms with E-state index in [1.54, 1.807) is 0 Å². The minimum Gasteiger partial charge on any atom is -0.371 e. The second-order valence-corrected chi connectivity index (χ2v) is 6.33. The molecule has 0 saturated carbocycles. The van der Waals surface area contributed by atoms with Crippen molar-refractivity contribution in [3.63, 3.8) is 0 Å². The van der Waals surface area contributed by atoms with Gasteiger partial charge in [-0.2, -0.15) is 5.10 Å². The Kier molecular flexibility index (Phi) is 3.57. The number of nitrogens with one attached hydrogen (secondary N) is 2. The number of hydrogen-bond acceptors (Lipinski definition) is 5. The van der Waals surface area contributed by atoms with Crippen LogP contribution in [-0.2, 0) is 27.2 Å². The summed E-state index contributed by atoms with van der Waals surface area (Å²) in [7, 11) is 0. The Morgan fingerprint density at radius 1 is 1.22 bits per heavy atom. The van der Waals surface area contributed by atoms with Gasteiger partial charge in [0.1, 0.15) is 17.9 Å². The number of rotatable bonds is 3. The van der Waals surface area contributed by atoms with Crippen molar-refractivity contribution in [2.75, 3.05) is 13.2 Å². The summed E-state index contributed by atoms with van der Waals surface area (Å²) in [6.45, 7) is 3.13. The van der Waals surface area contributed by atoms with Gasteiger partial charge in [0.05, 0.1) is 25.3 Å². The van der Waals surface area contributed by atoms with E-state index in [2.05, 4.69) is 15.7 Å². The smallest absolute Gasteiger partial charge is 0.272 e. The maximum Gasteiger partial charge on any atom is 0.272 e. The van der Waals surface area contributed by atoms with E-state index in [-0.39, 0.29) is 36.1 Å². The Balaban J connectivity index is 1.40. The molecule has 1 aromatic rings. The van der Waals surface area contributed by atoms with Crippen molar-refractivity contribution in [3.05, 3.63) is 17.5 Å². The standard InChI is InChI=1S/C15H20N4O4/c1-8(20)16-11-6-22-14-12(7-23-13(11)14)17-15(21)10-5-9-3-2-4-19(9)18-10/h5,11-14H,2-4,6-7H2,1H3,(H,16,20)(H,17,21)/t11-,12-,13+,14+/m0/s1. The molecule has 23 heavy (non-hydrogen) atoms. The maximum absolute atomic E-state index is 12.4. The quantitative estimate of drug-likeness (QED) is 0.763. The summed E-state index contributed by atoms with van der Waals surface area (Å²) in [5, 5.41) is 10.1. The largest absolute Gasteiger partial charge is 0.371 e. The molecule has 4 heterocycles. The van der Waals surface area contributed by atoms with Gasteiger partial charge in [-0.15, -0.1) is 0 Å². The number of ether oxygens (including phenoxy) is 2. The van der Waals surface area contributed by atoms with E-state index in [4.69, 9.17) is 9.47 Å². The van der Waals surface area contributed by atoms with Crippen LogP contribution in [0.3, 0.4) is 0 Å². The molecule has 2 N–H and O–H groups in total. The zero-order valence-corrected chi connectivity index (χ0v) is 12.9. The second kappa shape index (κ2) is 5.61. The van der Waals surface area contributed by atoms with Crippen LogP contribution in [0.5, 0.6) is 0 Å². The highest BCUT2D eigenvalue weighted by Crippen LogP contribution is 2.27. The SMILES string of the molecule is CC(=O)N[C@H]1CO[C@H]2[C@@H]1OC[C@@H]2NC(=O)c1cc2n(n1)CCC2. The molecule has 2 saturated heterocycles. The van der Waals surface area contributed by atoms with E-state index in [0.29, 0.717) is 18.9 Å². The summed E-state index contributed by atoms with van der Waals surface area (Å²) in [5.41, 5.74) is 1.55. The van der Waals surface area contributed by atoms with Crippen molar-refractivity contribution in [2.45, 2.75) is 50.6 Å². The fourth-order valence-electron chi connectivity index (χ4n) is 3.62. The fraction of sp³-hybridized carbons (Fsp3) is 0.667. The number of amides is 2. The first-order valence-corrected chi connectivity index (χ1v) is 8.00. The summed E-state index contributed by atoms with van der Waals surface area (Å²) in [6.07, 6.45) is 1.61. The van der Waals surface area contributed by atoms with Crippen molar-refractivity contribution < 1.29 is 19.1 Å². The first-order valence-electron chi connectivity index (χ1n) is 8.00. The van der Waals surface area contributed by atoms with E-state index in [9.17, 15) is 9.59 Å². The summed E-state index contributed by atoms with van der Waals surface area (Å²) in [4.78, 5) is 23.6. The van der Waals surface area contributed by atoms with Crippen LogP contribution in [0.2, 0.25) is 0 Å². The lowest BCUT2D eigenvalue weighted by atomic mass is 10.1. The first-order chi connectivity index (χ1) is 11.1. The van der Waals surface area contributed by atoms with Crippen molar-refractivity contribution >= 4 is 11.8 Å². The predicted molar refractivity (Wildman–Crippen MR) is 78.9 cm³/mol. The maximum atomic E-state index is 12.4. The van der Waals surface area contributed by atoms with Gasteiger partial charge in [0, 0.05) is 19.2 Å². The number of nitrogens with zero attached hydrogens (tertiary/aromatic N) is 2. The summed E-state index contributed by atoms with van der Waals surface area (Å²) in [5.74, 6) is -0.310. The molecule has 4 rings (SSSR count). The molecule has 0 aliphatic carbocycles. The Hall–Kier alpha value is -1.93. The minimum atomic E-state index is -0.231. The van der Waals surface area contributed by atoms with Crippen LogP contribution in [0.1, 0.15) is 29.5 Å². The van der Waals surface area contributed by atoms with E-state index in [1.165, 1.54) is 6.92 Å². The van der Waals surface area contributed by atoms with Gasteiger partial charge < -0.3 is 20.1 Å². The van der Waals surface area contributed by atoms with Crippen LogP contribution in [0.4, 0.5) is 0 Å². The monoisotopic (exact) mass is 320 g/mol. The van der Waals surface area contributed by atoms with Crippen LogP contribution in [0, 0.1) is 0 Å². The van der Waals surface area contributed by atoms with Crippen molar-refractivity contribution in [3.8, 4) is 0 Å². The van der Waals surface area contributed by atoms with E-state index in [0.717, 1.165) is 25.1 Å². The van der Waals surface area contributed by atoms with Crippen molar-refractivity contribution in [1.82, 2.24) is 20.4 Å². The molecule has 0 radical (unpaired) electrons. The Labute approximate surface area is 133 Å². The van der Waals surface area contributed by atoms with Gasteiger partial charge in [0.2, 0.25) is 5.91 Å². The third-order valence-corrected chi connectivity index (χ3v) is 4.66. The predicted octanol–water partition coefficient (Wildman–Crippen LogP) is -0.770. The van der Waals surface area contributed by atoms with Crippen LogP contribution >= 0.6 is 0 Å². The average molecular weight is 320 g/mol. The molecule has 8 heteroatoms. The van der Waals surface area contributed by atoms with E-state index >= 15 is 0 Å². The third kappa shape index (κ3) is 2.61. The Morgan fingerprint density at radius 2 is 1.91 bits per heavy atom. The molecule has 4 atom stereocenters. The summed E-state index contributed by atoms with van der Waals surface area (Å²) in [6, 6.07) is 1.48. The van der Waals surface area contributed by atoms with E-state index < -0.39 is 0 Å². The molecule has 2 amide bonds. The molecule has 1 aromatic heterocycles. The van der Waals surface area contributed by atoms with Gasteiger partial charge in [-0.1, -0.05) is 0 Å². The van der Waals surface area contributed by atoms with Crippen molar-refractivity contribution in [2.24, 2.45) is 0 Å². The molecular formula is C15H20N4O4. The van der Waals surface area contributed by atoms with Gasteiger partial charge in [0.15, 0.2) is 0 Å². The van der Waals surface area contributed by atoms with Gasteiger partial charge in [-0.3, -0.25) is 14.3 Å². The molecule has 2 fully saturated rings. The lowest BCUT2D eigenvalue weighted by Crippen LogP contribution is -2.46. The Bertz CT molecular complexity index is 622. The zero-order valence-electron chi connectivity index (χ0n) is 12.9. The van der Waals surface area contributed by atoms with Gasteiger partial charge in [-0.05, 0) is 18.9 Å². The number of carbonyl (C=O) groups is 2. The summed E-state index contributed by atoms with van der Waals surface area (Å²) < 4.78 is 13.3. The van der Waals surface area contributed by atoms with Crippen LogP contribution < -0.4 is 10.6 Å². The van der Waals surface area contributed by atoms with Gasteiger partial charge in [-0.25, -0.2) is 0 Å². The minimum absolute atomic E-state index is 0.108. The molecule has 3 aliphatic heterocycles. The fourth-order valence-corrected chi connectivity index (χ4v) is 3.62. The Morgan fingerprint density at radius 3 is 2.57 bits per heavy atom. The summed E-state index contributed by atoms with van der Waals surface area (Å²) >= 11 is 0. The van der Waals surface area contributed by atoms with Crippen molar-refractivity contribution in [1.29, 1.82) is 0 Å².